The van der Waals surface area contributed by atoms with E-state index in [9.17, 15) is 18.7 Å². The third-order valence-electron chi connectivity index (χ3n) is 2.86. The maximum Gasteiger partial charge on any atom is 0.224 e. The molecule has 20 heavy (non-hydrogen) atoms. The van der Waals surface area contributed by atoms with Gasteiger partial charge in [-0.25, -0.2) is 8.78 Å². The number of benzene rings is 1. The van der Waals surface area contributed by atoms with Crippen molar-refractivity contribution < 1.29 is 23.4 Å². The SMILES string of the molecule is COCCC(C)(O)CNC(=O)Cc1ccc(F)c(F)c1. The molecule has 0 aliphatic carbocycles. The van der Waals surface area contributed by atoms with Crippen LogP contribution in [0.15, 0.2) is 18.2 Å². The average Bonchev–Trinajstić information content (AvgIpc) is 2.39. The van der Waals surface area contributed by atoms with Crippen LogP contribution in [0, 0.1) is 11.6 Å². The van der Waals surface area contributed by atoms with Crippen LogP contribution in [0.3, 0.4) is 0 Å². The Kier molecular flexibility index (Phi) is 6.04. The first-order chi connectivity index (χ1) is 9.34. The molecular formula is C14H19F2NO3. The molecule has 1 amide bonds. The highest BCUT2D eigenvalue weighted by molar-refractivity contribution is 5.78. The van der Waals surface area contributed by atoms with Crippen LogP contribution in [0.5, 0.6) is 0 Å². The summed E-state index contributed by atoms with van der Waals surface area (Å²) >= 11 is 0. The number of halogens is 2. The van der Waals surface area contributed by atoms with Crippen LogP contribution < -0.4 is 5.32 Å². The average molecular weight is 287 g/mol. The van der Waals surface area contributed by atoms with E-state index in [1.807, 2.05) is 0 Å². The van der Waals surface area contributed by atoms with Crippen LogP contribution in [-0.2, 0) is 16.0 Å². The van der Waals surface area contributed by atoms with Gasteiger partial charge in [0.15, 0.2) is 11.6 Å². The molecule has 112 valence electrons. The third-order valence-corrected chi connectivity index (χ3v) is 2.86. The summed E-state index contributed by atoms with van der Waals surface area (Å²) in [6.45, 7) is 2.04. The van der Waals surface area contributed by atoms with E-state index in [1.165, 1.54) is 13.2 Å². The molecule has 1 rings (SSSR count). The maximum absolute atomic E-state index is 13.0. The van der Waals surface area contributed by atoms with Crippen LogP contribution in [0.1, 0.15) is 18.9 Å². The molecule has 1 atom stereocenters. The number of aliphatic hydroxyl groups is 1. The predicted octanol–water partition coefficient (Wildman–Crippen LogP) is 1.41. The Hall–Kier alpha value is -1.53. The second-order valence-electron chi connectivity index (χ2n) is 4.94. The summed E-state index contributed by atoms with van der Waals surface area (Å²) in [6.07, 6.45) is 0.312. The van der Waals surface area contributed by atoms with Crippen molar-refractivity contribution in [3.63, 3.8) is 0 Å². The van der Waals surface area contributed by atoms with Crippen molar-refractivity contribution in [2.45, 2.75) is 25.4 Å². The Balaban J connectivity index is 2.45. The second-order valence-corrected chi connectivity index (χ2v) is 4.94. The van der Waals surface area contributed by atoms with E-state index in [-0.39, 0.29) is 18.9 Å². The zero-order chi connectivity index (χ0) is 15.2. The molecule has 2 N–H and O–H groups in total. The smallest absolute Gasteiger partial charge is 0.224 e. The molecule has 1 aromatic rings. The molecule has 6 heteroatoms. The van der Waals surface area contributed by atoms with Gasteiger partial charge in [-0.15, -0.1) is 0 Å². The molecule has 0 saturated heterocycles. The predicted molar refractivity (Wildman–Crippen MR) is 70.2 cm³/mol. The normalized spacial score (nSPS) is 13.8. The summed E-state index contributed by atoms with van der Waals surface area (Å²) in [5.41, 5.74) is -0.697. The Morgan fingerprint density at radius 3 is 2.70 bits per heavy atom. The fourth-order valence-electron chi connectivity index (χ4n) is 1.60. The number of amides is 1. The van der Waals surface area contributed by atoms with Gasteiger partial charge < -0.3 is 15.2 Å². The number of carbonyl (C=O) groups excluding carboxylic acids is 1. The summed E-state index contributed by atoms with van der Waals surface area (Å²) in [6, 6.07) is 3.31. The lowest BCUT2D eigenvalue weighted by Crippen LogP contribution is -2.41. The molecule has 0 saturated carbocycles. The van der Waals surface area contributed by atoms with E-state index in [4.69, 9.17) is 4.74 Å². The molecule has 0 bridgehead atoms. The van der Waals surface area contributed by atoms with Crippen LogP contribution in [0.25, 0.3) is 0 Å². The molecule has 0 spiro atoms. The van der Waals surface area contributed by atoms with Gasteiger partial charge in [-0.1, -0.05) is 6.07 Å². The van der Waals surface area contributed by atoms with Crippen molar-refractivity contribution >= 4 is 5.91 Å². The summed E-state index contributed by atoms with van der Waals surface area (Å²) < 4.78 is 30.6. The molecule has 0 radical (unpaired) electrons. The highest BCUT2D eigenvalue weighted by Gasteiger charge is 2.20. The summed E-state index contributed by atoms with van der Waals surface area (Å²) in [4.78, 5) is 11.7. The van der Waals surface area contributed by atoms with Gasteiger partial charge in [0, 0.05) is 26.7 Å². The minimum atomic E-state index is -1.07. The molecule has 0 aliphatic rings. The number of ether oxygens (including phenoxy) is 1. The van der Waals surface area contributed by atoms with E-state index < -0.39 is 17.2 Å². The lowest BCUT2D eigenvalue weighted by atomic mass is 10.0. The quantitative estimate of drug-likeness (QED) is 0.797. The monoisotopic (exact) mass is 287 g/mol. The molecule has 0 aromatic heterocycles. The Morgan fingerprint density at radius 1 is 1.40 bits per heavy atom. The number of nitrogens with one attached hydrogen (secondary N) is 1. The molecule has 0 heterocycles. The lowest BCUT2D eigenvalue weighted by Gasteiger charge is -2.23. The lowest BCUT2D eigenvalue weighted by molar-refractivity contribution is -0.121. The van der Waals surface area contributed by atoms with Crippen LogP contribution >= 0.6 is 0 Å². The first-order valence-electron chi connectivity index (χ1n) is 6.26. The van der Waals surface area contributed by atoms with Crippen molar-refractivity contribution in [3.8, 4) is 0 Å². The van der Waals surface area contributed by atoms with Crippen molar-refractivity contribution in [3.05, 3.63) is 35.4 Å². The molecule has 1 unspecified atom stereocenters. The van der Waals surface area contributed by atoms with Crippen molar-refractivity contribution in [2.75, 3.05) is 20.3 Å². The first-order valence-corrected chi connectivity index (χ1v) is 6.26. The van der Waals surface area contributed by atoms with E-state index >= 15 is 0 Å². The summed E-state index contributed by atoms with van der Waals surface area (Å²) in [7, 11) is 1.53. The van der Waals surface area contributed by atoms with E-state index in [2.05, 4.69) is 5.32 Å². The fraction of sp³-hybridized carbons (Fsp3) is 0.500. The van der Waals surface area contributed by atoms with Gasteiger partial charge in [-0.05, 0) is 24.6 Å². The second kappa shape index (κ2) is 7.31. The molecule has 4 nitrogen and oxygen atoms in total. The summed E-state index contributed by atoms with van der Waals surface area (Å²) in [5.74, 6) is -2.30. The van der Waals surface area contributed by atoms with E-state index in [0.717, 1.165) is 12.1 Å². The summed E-state index contributed by atoms with van der Waals surface area (Å²) in [5, 5.41) is 12.5. The first kappa shape index (κ1) is 16.5. The van der Waals surface area contributed by atoms with Crippen molar-refractivity contribution in [2.24, 2.45) is 0 Å². The van der Waals surface area contributed by atoms with E-state index in [0.29, 0.717) is 18.6 Å². The Labute approximate surface area is 116 Å². The van der Waals surface area contributed by atoms with Gasteiger partial charge in [0.1, 0.15) is 0 Å². The van der Waals surface area contributed by atoms with Crippen molar-refractivity contribution in [1.82, 2.24) is 5.32 Å². The van der Waals surface area contributed by atoms with Crippen LogP contribution in [-0.4, -0.2) is 36.9 Å². The minimum absolute atomic E-state index is 0.0683. The minimum Gasteiger partial charge on any atom is -0.388 e. The zero-order valence-electron chi connectivity index (χ0n) is 11.6. The van der Waals surface area contributed by atoms with Crippen LogP contribution in [0.2, 0.25) is 0 Å². The fourth-order valence-corrected chi connectivity index (χ4v) is 1.60. The Morgan fingerprint density at radius 2 is 2.10 bits per heavy atom. The number of carbonyl (C=O) groups is 1. The topological polar surface area (TPSA) is 58.6 Å². The van der Waals surface area contributed by atoms with Gasteiger partial charge in [0.2, 0.25) is 5.91 Å². The zero-order valence-corrected chi connectivity index (χ0v) is 11.6. The van der Waals surface area contributed by atoms with Crippen LogP contribution in [0.4, 0.5) is 8.78 Å². The van der Waals surface area contributed by atoms with Gasteiger partial charge >= 0.3 is 0 Å². The van der Waals surface area contributed by atoms with E-state index in [1.54, 1.807) is 6.92 Å². The van der Waals surface area contributed by atoms with Crippen molar-refractivity contribution in [1.29, 1.82) is 0 Å². The highest BCUT2D eigenvalue weighted by Crippen LogP contribution is 2.10. The number of hydrogen-bond donors (Lipinski definition) is 2. The highest BCUT2D eigenvalue weighted by atomic mass is 19.2. The standard InChI is InChI=1S/C14H19F2NO3/c1-14(19,5-6-20-2)9-17-13(18)8-10-3-4-11(15)12(16)7-10/h3-4,7,19H,5-6,8-9H2,1-2H3,(H,17,18). The van der Waals surface area contributed by atoms with Gasteiger partial charge in [0.25, 0.3) is 0 Å². The Bertz CT molecular complexity index is 464. The molecule has 0 fully saturated rings. The van der Waals surface area contributed by atoms with Gasteiger partial charge in [-0.2, -0.15) is 0 Å². The largest absolute Gasteiger partial charge is 0.388 e. The number of methoxy groups -OCH3 is 1. The van der Waals surface area contributed by atoms with Gasteiger partial charge in [-0.3, -0.25) is 4.79 Å². The number of rotatable bonds is 7. The maximum atomic E-state index is 13.0. The molecular weight excluding hydrogens is 268 g/mol. The molecule has 0 aliphatic heterocycles. The molecule has 1 aromatic carbocycles. The third kappa shape index (κ3) is 5.63. The van der Waals surface area contributed by atoms with Gasteiger partial charge in [0.05, 0.1) is 12.0 Å². The number of hydrogen-bond acceptors (Lipinski definition) is 3.